The number of rotatable bonds is 4. The van der Waals surface area contributed by atoms with Crippen LogP contribution in [0.1, 0.15) is 44.5 Å². The number of carbonyl (C=O) groups is 2. The molecule has 4 rings (SSSR count). The number of fused-ring (bicyclic) bond motifs is 1. The highest BCUT2D eigenvalue weighted by atomic mass is 35.5. The number of para-hydroxylation sites is 1. The van der Waals surface area contributed by atoms with E-state index in [0.717, 1.165) is 29.7 Å². The van der Waals surface area contributed by atoms with E-state index in [0.29, 0.717) is 37.8 Å². The van der Waals surface area contributed by atoms with Crippen LogP contribution >= 0.6 is 34.5 Å². The molecule has 2 aromatic carbocycles. The number of benzene rings is 2. The molecule has 2 amide bonds. The number of thiophene rings is 1. The predicted molar refractivity (Wildman–Crippen MR) is 124 cm³/mol. The standard InChI is InChI=1S/C23H20Cl2N2O2S/c1-13-10-11-15-19(12-13)30-23(27-21(28)14-6-2-3-7-16(14)24)20(15)22(29)26-18-9-5-4-8-17(18)25/h2-9,13H,10-12H2,1H3,(H,26,29)(H,27,28)/t13-/m0/s1. The molecule has 1 aromatic heterocycles. The molecule has 1 atom stereocenters. The monoisotopic (exact) mass is 458 g/mol. The molecule has 1 aliphatic carbocycles. The van der Waals surface area contributed by atoms with Crippen LogP contribution in [0.25, 0.3) is 0 Å². The summed E-state index contributed by atoms with van der Waals surface area (Å²) >= 11 is 13.9. The topological polar surface area (TPSA) is 58.2 Å². The fraction of sp³-hybridized carbons (Fsp3) is 0.217. The van der Waals surface area contributed by atoms with Gasteiger partial charge in [-0.05, 0) is 55.0 Å². The lowest BCUT2D eigenvalue weighted by atomic mass is 9.88. The van der Waals surface area contributed by atoms with E-state index >= 15 is 0 Å². The zero-order chi connectivity index (χ0) is 21.3. The van der Waals surface area contributed by atoms with E-state index in [1.54, 1.807) is 42.5 Å². The molecule has 4 nitrogen and oxygen atoms in total. The van der Waals surface area contributed by atoms with Gasteiger partial charge in [0.25, 0.3) is 11.8 Å². The van der Waals surface area contributed by atoms with E-state index in [2.05, 4.69) is 17.6 Å². The number of hydrogen-bond donors (Lipinski definition) is 2. The summed E-state index contributed by atoms with van der Waals surface area (Å²) in [4.78, 5) is 27.2. The van der Waals surface area contributed by atoms with Gasteiger partial charge in [-0.25, -0.2) is 0 Å². The van der Waals surface area contributed by atoms with Gasteiger partial charge in [0.05, 0.1) is 26.9 Å². The van der Waals surface area contributed by atoms with E-state index in [4.69, 9.17) is 23.2 Å². The maximum absolute atomic E-state index is 13.2. The third-order valence-corrected chi connectivity index (χ3v) is 7.04. The van der Waals surface area contributed by atoms with Crippen molar-refractivity contribution in [3.8, 4) is 0 Å². The van der Waals surface area contributed by atoms with Crippen LogP contribution in [-0.2, 0) is 12.8 Å². The van der Waals surface area contributed by atoms with Crippen LogP contribution in [0, 0.1) is 5.92 Å². The van der Waals surface area contributed by atoms with Gasteiger partial charge >= 0.3 is 0 Å². The molecule has 0 saturated heterocycles. The number of nitrogens with one attached hydrogen (secondary N) is 2. The van der Waals surface area contributed by atoms with Gasteiger partial charge in [-0.1, -0.05) is 54.4 Å². The largest absolute Gasteiger partial charge is 0.321 e. The normalized spacial score (nSPS) is 15.4. The van der Waals surface area contributed by atoms with Crippen LogP contribution < -0.4 is 10.6 Å². The molecule has 30 heavy (non-hydrogen) atoms. The van der Waals surface area contributed by atoms with Crippen LogP contribution in [0.4, 0.5) is 10.7 Å². The third-order valence-electron chi connectivity index (χ3n) is 5.21. The zero-order valence-corrected chi connectivity index (χ0v) is 18.6. The second-order valence-electron chi connectivity index (χ2n) is 7.42. The Labute approximate surface area is 189 Å². The number of anilines is 2. The number of halogens is 2. The molecule has 3 aromatic rings. The van der Waals surface area contributed by atoms with Gasteiger partial charge in [-0.2, -0.15) is 0 Å². The van der Waals surface area contributed by atoms with E-state index in [-0.39, 0.29) is 11.8 Å². The van der Waals surface area contributed by atoms with Crippen molar-refractivity contribution in [1.29, 1.82) is 0 Å². The van der Waals surface area contributed by atoms with Crippen molar-refractivity contribution in [2.45, 2.75) is 26.2 Å². The summed E-state index contributed by atoms with van der Waals surface area (Å²) in [7, 11) is 0. The first kappa shape index (κ1) is 20.9. The Kier molecular flexibility index (Phi) is 6.14. The molecule has 0 saturated carbocycles. The second kappa shape index (κ2) is 8.80. The van der Waals surface area contributed by atoms with Gasteiger partial charge in [0.15, 0.2) is 0 Å². The molecule has 0 spiro atoms. The lowest BCUT2D eigenvalue weighted by molar-refractivity contribution is 0.102. The summed E-state index contributed by atoms with van der Waals surface area (Å²) in [6.07, 6.45) is 2.71. The molecule has 0 radical (unpaired) electrons. The predicted octanol–water partition coefficient (Wildman–Crippen LogP) is 6.68. The maximum Gasteiger partial charge on any atom is 0.258 e. The van der Waals surface area contributed by atoms with E-state index < -0.39 is 0 Å². The van der Waals surface area contributed by atoms with Gasteiger partial charge in [0, 0.05) is 4.88 Å². The summed E-state index contributed by atoms with van der Waals surface area (Å²) < 4.78 is 0. The van der Waals surface area contributed by atoms with Gasteiger partial charge in [-0.3, -0.25) is 9.59 Å². The lowest BCUT2D eigenvalue weighted by Crippen LogP contribution is -2.19. The fourth-order valence-electron chi connectivity index (χ4n) is 3.64. The lowest BCUT2D eigenvalue weighted by Gasteiger charge is -2.18. The molecular formula is C23H20Cl2N2O2S. The number of amides is 2. The molecule has 2 N–H and O–H groups in total. The van der Waals surface area contributed by atoms with Crippen molar-refractivity contribution in [1.82, 2.24) is 0 Å². The molecule has 0 bridgehead atoms. The average molecular weight is 459 g/mol. The second-order valence-corrected chi connectivity index (χ2v) is 9.34. The Morgan fingerprint density at radius 1 is 0.967 bits per heavy atom. The minimum absolute atomic E-state index is 0.274. The van der Waals surface area contributed by atoms with Crippen LogP contribution in [0.5, 0.6) is 0 Å². The van der Waals surface area contributed by atoms with E-state index in [1.807, 2.05) is 6.07 Å². The first-order valence-electron chi connectivity index (χ1n) is 9.70. The molecule has 0 unspecified atom stereocenters. The van der Waals surface area contributed by atoms with Gasteiger partial charge < -0.3 is 10.6 Å². The molecule has 1 heterocycles. The highest BCUT2D eigenvalue weighted by Gasteiger charge is 2.29. The van der Waals surface area contributed by atoms with Crippen LogP contribution in [-0.4, -0.2) is 11.8 Å². The SMILES string of the molecule is C[C@H]1CCc2c(sc(NC(=O)c3ccccc3Cl)c2C(=O)Nc2ccccc2Cl)C1. The average Bonchev–Trinajstić information content (AvgIpc) is 3.06. The molecule has 1 aliphatic rings. The first-order chi connectivity index (χ1) is 14.4. The van der Waals surface area contributed by atoms with Crippen LogP contribution in [0.15, 0.2) is 48.5 Å². The highest BCUT2D eigenvalue weighted by molar-refractivity contribution is 7.17. The highest BCUT2D eigenvalue weighted by Crippen LogP contribution is 2.40. The zero-order valence-electron chi connectivity index (χ0n) is 16.3. The van der Waals surface area contributed by atoms with Gasteiger partial charge in [-0.15, -0.1) is 11.3 Å². The molecule has 0 aliphatic heterocycles. The molecule has 154 valence electrons. The van der Waals surface area contributed by atoms with Crippen molar-refractivity contribution in [2.24, 2.45) is 5.92 Å². The summed E-state index contributed by atoms with van der Waals surface area (Å²) in [5.41, 5.74) is 2.44. The fourth-order valence-corrected chi connectivity index (χ4v) is 5.45. The Morgan fingerprint density at radius 3 is 2.40 bits per heavy atom. The Morgan fingerprint density at radius 2 is 1.67 bits per heavy atom. The number of hydrogen-bond acceptors (Lipinski definition) is 3. The van der Waals surface area contributed by atoms with Crippen LogP contribution in [0.3, 0.4) is 0 Å². The minimum Gasteiger partial charge on any atom is -0.321 e. The van der Waals surface area contributed by atoms with E-state index in [9.17, 15) is 9.59 Å². The van der Waals surface area contributed by atoms with Crippen molar-refractivity contribution in [2.75, 3.05) is 10.6 Å². The van der Waals surface area contributed by atoms with Crippen molar-refractivity contribution < 1.29 is 9.59 Å². The summed E-state index contributed by atoms with van der Waals surface area (Å²) in [6.45, 7) is 2.20. The van der Waals surface area contributed by atoms with Crippen LogP contribution in [0.2, 0.25) is 10.0 Å². The van der Waals surface area contributed by atoms with Crippen molar-refractivity contribution in [3.63, 3.8) is 0 Å². The molecular weight excluding hydrogens is 439 g/mol. The van der Waals surface area contributed by atoms with E-state index in [1.165, 1.54) is 11.3 Å². The van der Waals surface area contributed by atoms with Crippen molar-refractivity contribution >= 4 is 57.0 Å². The van der Waals surface area contributed by atoms with Gasteiger partial charge in [0.1, 0.15) is 5.00 Å². The Balaban J connectivity index is 1.70. The smallest absolute Gasteiger partial charge is 0.258 e. The summed E-state index contributed by atoms with van der Waals surface area (Å²) in [5, 5.41) is 7.20. The quantitative estimate of drug-likeness (QED) is 0.457. The Bertz CT molecular complexity index is 1130. The molecule has 7 heteroatoms. The summed E-state index contributed by atoms with van der Waals surface area (Å²) in [6, 6.07) is 14.0. The maximum atomic E-state index is 13.2. The minimum atomic E-state index is -0.334. The Hall–Kier alpha value is -2.34. The first-order valence-corrected chi connectivity index (χ1v) is 11.3. The number of carbonyl (C=O) groups excluding carboxylic acids is 2. The van der Waals surface area contributed by atoms with Gasteiger partial charge in [0.2, 0.25) is 0 Å². The molecule has 0 fully saturated rings. The third kappa shape index (κ3) is 4.24. The van der Waals surface area contributed by atoms with Crippen molar-refractivity contribution in [3.05, 3.63) is 80.1 Å². The summed E-state index contributed by atoms with van der Waals surface area (Å²) in [5.74, 6) is -0.0635.